The highest BCUT2D eigenvalue weighted by Crippen LogP contribution is 2.31. The molecule has 8 heteroatoms. The smallest absolute Gasteiger partial charge is 0.259 e. The number of benzene rings is 3. The Morgan fingerprint density at radius 3 is 2.03 bits per heavy atom. The summed E-state index contributed by atoms with van der Waals surface area (Å²) in [5, 5.41) is 5.96. The molecule has 200 valence electrons. The Bertz CT molecular complexity index is 1270. The van der Waals surface area contributed by atoms with Crippen LogP contribution in [0.15, 0.2) is 66.7 Å². The number of hydrogen-bond donors (Lipinski definition) is 2. The van der Waals surface area contributed by atoms with Crippen LogP contribution in [0.25, 0.3) is 0 Å². The number of rotatable bonds is 9. The Hall–Kier alpha value is -4.20. The lowest BCUT2D eigenvalue weighted by atomic mass is 10.1. The molecule has 0 bridgehead atoms. The molecule has 4 rings (SSSR count). The molecule has 3 aromatic rings. The first-order valence-corrected chi connectivity index (χ1v) is 12.9. The largest absolute Gasteiger partial charge is 0.496 e. The number of piperazine rings is 1. The fourth-order valence-electron chi connectivity index (χ4n) is 4.57. The first kappa shape index (κ1) is 26.9. The van der Waals surface area contributed by atoms with Crippen LogP contribution in [0, 0.1) is 5.92 Å². The molecule has 1 aliphatic rings. The van der Waals surface area contributed by atoms with E-state index in [0.29, 0.717) is 35.0 Å². The van der Waals surface area contributed by atoms with Gasteiger partial charge in [-0.2, -0.15) is 0 Å². The summed E-state index contributed by atoms with van der Waals surface area (Å²) in [6, 6.07) is 20.6. The van der Waals surface area contributed by atoms with Gasteiger partial charge >= 0.3 is 0 Å². The minimum atomic E-state index is -0.297. The Kier molecular flexibility index (Phi) is 8.73. The molecule has 1 aliphatic heterocycles. The molecule has 2 amide bonds. The van der Waals surface area contributed by atoms with Gasteiger partial charge in [0, 0.05) is 44.1 Å². The van der Waals surface area contributed by atoms with Gasteiger partial charge in [-0.15, -0.1) is 0 Å². The van der Waals surface area contributed by atoms with Crippen molar-refractivity contribution < 1.29 is 19.1 Å². The van der Waals surface area contributed by atoms with E-state index in [2.05, 4.69) is 40.3 Å². The molecule has 0 aliphatic carbocycles. The van der Waals surface area contributed by atoms with Gasteiger partial charge in [-0.25, -0.2) is 0 Å². The number of hydrogen-bond acceptors (Lipinski definition) is 6. The van der Waals surface area contributed by atoms with Crippen molar-refractivity contribution in [2.24, 2.45) is 5.92 Å². The lowest BCUT2D eigenvalue weighted by Crippen LogP contribution is -2.47. The lowest BCUT2D eigenvalue weighted by molar-refractivity contribution is 0.0948. The number of nitrogens with zero attached hydrogens (tertiary/aromatic N) is 2. The van der Waals surface area contributed by atoms with Crippen LogP contribution in [0.2, 0.25) is 0 Å². The number of nitrogens with one attached hydrogen (secondary N) is 2. The van der Waals surface area contributed by atoms with Crippen LogP contribution >= 0.6 is 0 Å². The predicted molar refractivity (Wildman–Crippen MR) is 152 cm³/mol. The molecule has 0 saturated carbocycles. The molecule has 0 atom stereocenters. The molecule has 3 aromatic carbocycles. The third-order valence-corrected chi connectivity index (χ3v) is 6.57. The van der Waals surface area contributed by atoms with Crippen molar-refractivity contribution in [3.8, 4) is 11.5 Å². The molecule has 8 nitrogen and oxygen atoms in total. The maximum absolute atomic E-state index is 13.3. The van der Waals surface area contributed by atoms with Crippen molar-refractivity contribution in [3.63, 3.8) is 0 Å². The average molecular weight is 517 g/mol. The van der Waals surface area contributed by atoms with Crippen LogP contribution in [0.4, 0.5) is 17.1 Å². The van der Waals surface area contributed by atoms with Crippen LogP contribution in [0.5, 0.6) is 11.5 Å². The molecule has 0 spiro atoms. The maximum atomic E-state index is 13.3. The third kappa shape index (κ3) is 6.19. The van der Waals surface area contributed by atoms with Crippen LogP contribution in [0.1, 0.15) is 34.6 Å². The van der Waals surface area contributed by atoms with Gasteiger partial charge in [-0.1, -0.05) is 38.1 Å². The molecule has 38 heavy (non-hydrogen) atoms. The van der Waals surface area contributed by atoms with Crippen LogP contribution in [-0.2, 0) is 0 Å². The second kappa shape index (κ2) is 12.4. The molecule has 2 N–H and O–H groups in total. The topological polar surface area (TPSA) is 83.1 Å². The Morgan fingerprint density at radius 2 is 1.37 bits per heavy atom. The van der Waals surface area contributed by atoms with Gasteiger partial charge in [0.1, 0.15) is 11.5 Å². The van der Waals surface area contributed by atoms with Crippen molar-refractivity contribution in [3.05, 3.63) is 77.9 Å². The van der Waals surface area contributed by atoms with Gasteiger partial charge in [-0.3, -0.25) is 9.59 Å². The highest BCUT2D eigenvalue weighted by molar-refractivity contribution is 6.07. The number of amides is 2. The molecule has 1 fully saturated rings. The normalized spacial score (nSPS) is 13.3. The van der Waals surface area contributed by atoms with Gasteiger partial charge in [0.2, 0.25) is 0 Å². The Balaban J connectivity index is 1.56. The fraction of sp³-hybridized carbons (Fsp3) is 0.333. The van der Waals surface area contributed by atoms with E-state index in [1.54, 1.807) is 31.4 Å². The van der Waals surface area contributed by atoms with E-state index in [4.69, 9.17) is 9.47 Å². The second-order valence-electron chi connectivity index (χ2n) is 9.64. The zero-order chi connectivity index (χ0) is 27.1. The Labute approximate surface area is 224 Å². The number of carbonyl (C=O) groups is 2. The zero-order valence-corrected chi connectivity index (χ0v) is 22.5. The fourth-order valence-corrected chi connectivity index (χ4v) is 4.57. The monoisotopic (exact) mass is 516 g/mol. The standard InChI is InChI=1S/C30H36N4O4/c1-21(2)20-31-29(35)24-19-22(32-30(36)23-9-5-7-11-27(23)37-3)13-14-25(24)33-15-17-34(18-16-33)26-10-6-8-12-28(26)38-4/h5-14,19,21H,15-18,20H2,1-4H3,(H,31,35)(H,32,36). The van der Waals surface area contributed by atoms with E-state index in [-0.39, 0.29) is 11.8 Å². The van der Waals surface area contributed by atoms with E-state index < -0.39 is 0 Å². The van der Waals surface area contributed by atoms with E-state index >= 15 is 0 Å². The molecule has 1 heterocycles. The lowest BCUT2D eigenvalue weighted by Gasteiger charge is -2.38. The van der Waals surface area contributed by atoms with Crippen molar-refractivity contribution in [2.75, 3.05) is 62.1 Å². The molecule has 0 aromatic heterocycles. The van der Waals surface area contributed by atoms with Gasteiger partial charge < -0.3 is 29.9 Å². The summed E-state index contributed by atoms with van der Waals surface area (Å²) in [5.74, 6) is 1.21. The van der Waals surface area contributed by atoms with E-state index in [1.165, 1.54) is 7.11 Å². The molecular weight excluding hydrogens is 480 g/mol. The highest BCUT2D eigenvalue weighted by Gasteiger charge is 2.24. The summed E-state index contributed by atoms with van der Waals surface area (Å²) in [6.07, 6.45) is 0. The minimum Gasteiger partial charge on any atom is -0.496 e. The number of ether oxygens (including phenoxy) is 2. The number of methoxy groups -OCH3 is 2. The minimum absolute atomic E-state index is 0.158. The summed E-state index contributed by atoms with van der Waals surface area (Å²) >= 11 is 0. The van der Waals surface area contributed by atoms with Gasteiger partial charge in [-0.05, 0) is 48.4 Å². The second-order valence-corrected chi connectivity index (χ2v) is 9.64. The van der Waals surface area contributed by atoms with Crippen molar-refractivity contribution in [1.29, 1.82) is 0 Å². The van der Waals surface area contributed by atoms with Gasteiger partial charge in [0.05, 0.1) is 31.0 Å². The average Bonchev–Trinajstić information content (AvgIpc) is 2.95. The Morgan fingerprint density at radius 1 is 0.763 bits per heavy atom. The van der Waals surface area contributed by atoms with Crippen molar-refractivity contribution >= 4 is 28.9 Å². The van der Waals surface area contributed by atoms with E-state index in [1.807, 2.05) is 36.4 Å². The van der Waals surface area contributed by atoms with Crippen LogP contribution in [0.3, 0.4) is 0 Å². The molecular formula is C30H36N4O4. The first-order chi connectivity index (χ1) is 18.4. The summed E-state index contributed by atoms with van der Waals surface area (Å²) < 4.78 is 10.9. The van der Waals surface area contributed by atoms with Gasteiger partial charge in [0.15, 0.2) is 0 Å². The van der Waals surface area contributed by atoms with Crippen LogP contribution in [-0.4, -0.2) is 58.8 Å². The van der Waals surface area contributed by atoms with E-state index in [9.17, 15) is 9.59 Å². The highest BCUT2D eigenvalue weighted by atomic mass is 16.5. The predicted octanol–water partition coefficient (Wildman–Crippen LogP) is 4.67. The van der Waals surface area contributed by atoms with Crippen molar-refractivity contribution in [2.45, 2.75) is 13.8 Å². The number of carbonyl (C=O) groups excluding carboxylic acids is 2. The zero-order valence-electron chi connectivity index (χ0n) is 22.5. The van der Waals surface area contributed by atoms with Gasteiger partial charge in [0.25, 0.3) is 11.8 Å². The summed E-state index contributed by atoms with van der Waals surface area (Å²) in [6.45, 7) is 7.76. The maximum Gasteiger partial charge on any atom is 0.259 e. The van der Waals surface area contributed by atoms with E-state index in [0.717, 1.165) is 43.3 Å². The number of para-hydroxylation sites is 3. The third-order valence-electron chi connectivity index (χ3n) is 6.57. The summed E-state index contributed by atoms with van der Waals surface area (Å²) in [5.41, 5.74) is 3.43. The summed E-state index contributed by atoms with van der Waals surface area (Å²) in [4.78, 5) is 30.8. The first-order valence-electron chi connectivity index (χ1n) is 12.9. The SMILES string of the molecule is COc1ccccc1C(=O)Nc1ccc(N2CCN(c3ccccc3OC)CC2)c(C(=O)NCC(C)C)c1. The van der Waals surface area contributed by atoms with Crippen molar-refractivity contribution in [1.82, 2.24) is 5.32 Å². The number of anilines is 3. The molecule has 0 unspecified atom stereocenters. The quantitative estimate of drug-likeness (QED) is 0.430. The molecule has 0 radical (unpaired) electrons. The van der Waals surface area contributed by atoms with Crippen LogP contribution < -0.4 is 29.9 Å². The molecule has 1 saturated heterocycles. The summed E-state index contributed by atoms with van der Waals surface area (Å²) in [7, 11) is 3.22.